The van der Waals surface area contributed by atoms with Gasteiger partial charge in [0, 0.05) is 37.6 Å². The summed E-state index contributed by atoms with van der Waals surface area (Å²) in [4.78, 5) is 13.7. The molecule has 0 saturated heterocycles. The summed E-state index contributed by atoms with van der Waals surface area (Å²) in [5.41, 5.74) is 3.41. The molecule has 3 rings (SSSR count). The number of nitrogens with one attached hydrogen (secondary N) is 1. The second-order valence-electron chi connectivity index (χ2n) is 4.97. The number of phenols is 1. The fourth-order valence-corrected chi connectivity index (χ4v) is 2.05. The van der Waals surface area contributed by atoms with Crippen molar-refractivity contribution in [2.24, 2.45) is 4.99 Å². The lowest BCUT2D eigenvalue weighted by Gasteiger charge is -2.12. The summed E-state index contributed by atoms with van der Waals surface area (Å²) in [5, 5.41) is 10.0. The lowest BCUT2D eigenvalue weighted by Crippen LogP contribution is -2.08. The predicted octanol–water partition coefficient (Wildman–Crippen LogP) is 3.09. The van der Waals surface area contributed by atoms with Gasteiger partial charge in [0.05, 0.1) is 11.0 Å². The number of para-hydroxylation sites is 2. The van der Waals surface area contributed by atoms with Gasteiger partial charge in [-0.1, -0.05) is 12.1 Å². The molecule has 0 unspecified atom stereocenters. The maximum absolute atomic E-state index is 10.0. The van der Waals surface area contributed by atoms with E-state index in [-0.39, 0.29) is 5.75 Å². The van der Waals surface area contributed by atoms with Gasteiger partial charge in [0.15, 0.2) is 0 Å². The Kier molecular flexibility index (Phi) is 3.31. The van der Waals surface area contributed by atoms with E-state index < -0.39 is 0 Å². The number of aromatic hydroxyl groups is 1. The molecule has 0 aliphatic heterocycles. The first-order chi connectivity index (χ1) is 10.1. The van der Waals surface area contributed by atoms with Gasteiger partial charge < -0.3 is 15.0 Å². The van der Waals surface area contributed by atoms with Gasteiger partial charge in [0.2, 0.25) is 5.95 Å². The monoisotopic (exact) mass is 280 g/mol. The zero-order valence-corrected chi connectivity index (χ0v) is 11.9. The Morgan fingerprint density at radius 2 is 2.00 bits per heavy atom. The third kappa shape index (κ3) is 2.72. The van der Waals surface area contributed by atoms with Gasteiger partial charge in [0.25, 0.3) is 0 Å². The van der Waals surface area contributed by atoms with E-state index in [9.17, 15) is 5.11 Å². The van der Waals surface area contributed by atoms with Crippen molar-refractivity contribution in [3.8, 4) is 5.75 Å². The maximum Gasteiger partial charge on any atom is 0.227 e. The number of imidazole rings is 1. The Morgan fingerprint density at radius 3 is 2.71 bits per heavy atom. The van der Waals surface area contributed by atoms with Gasteiger partial charge in [0.1, 0.15) is 5.75 Å². The summed E-state index contributed by atoms with van der Waals surface area (Å²) in [6.07, 6.45) is 1.60. The molecular formula is C16H16N4O. The van der Waals surface area contributed by atoms with E-state index in [1.807, 2.05) is 55.4 Å². The van der Waals surface area contributed by atoms with Crippen molar-refractivity contribution in [2.45, 2.75) is 0 Å². The number of rotatable bonds is 3. The van der Waals surface area contributed by atoms with Crippen molar-refractivity contribution in [3.63, 3.8) is 0 Å². The number of hydrogen-bond acceptors (Lipinski definition) is 4. The molecule has 0 aliphatic carbocycles. The number of anilines is 1. The fourth-order valence-electron chi connectivity index (χ4n) is 2.05. The molecular weight excluding hydrogens is 264 g/mol. The highest BCUT2D eigenvalue weighted by Gasteiger charge is 2.03. The van der Waals surface area contributed by atoms with Crippen LogP contribution in [0.1, 0.15) is 5.56 Å². The highest BCUT2D eigenvalue weighted by Crippen LogP contribution is 2.23. The average Bonchev–Trinajstić information content (AvgIpc) is 2.88. The molecule has 5 heteroatoms. The molecule has 0 aliphatic rings. The molecule has 3 aromatic rings. The fraction of sp³-hybridized carbons (Fsp3) is 0.125. The summed E-state index contributed by atoms with van der Waals surface area (Å²) in [6, 6.07) is 13.2. The topological polar surface area (TPSA) is 64.5 Å². The first kappa shape index (κ1) is 13.2. The molecule has 1 aromatic heterocycles. The molecule has 106 valence electrons. The molecule has 21 heavy (non-hydrogen) atoms. The smallest absolute Gasteiger partial charge is 0.227 e. The Hall–Kier alpha value is -2.82. The first-order valence-electron chi connectivity index (χ1n) is 6.62. The van der Waals surface area contributed by atoms with E-state index in [1.54, 1.807) is 12.3 Å². The number of aliphatic imine (C=N–C) groups is 1. The summed E-state index contributed by atoms with van der Waals surface area (Å²) in [6.45, 7) is 0. The average molecular weight is 280 g/mol. The van der Waals surface area contributed by atoms with Gasteiger partial charge in [-0.2, -0.15) is 0 Å². The van der Waals surface area contributed by atoms with Gasteiger partial charge in [-0.3, -0.25) is 0 Å². The molecule has 0 saturated carbocycles. The van der Waals surface area contributed by atoms with Crippen LogP contribution in [0.2, 0.25) is 0 Å². The van der Waals surface area contributed by atoms with Crippen LogP contribution in [0.5, 0.6) is 5.75 Å². The SMILES string of the molecule is CN(C)c1ccc(/C=N/c2nc3ccccc3[nH]2)c(O)c1. The number of fused-ring (bicyclic) bond motifs is 1. The Morgan fingerprint density at radius 1 is 1.19 bits per heavy atom. The van der Waals surface area contributed by atoms with Crippen LogP contribution in [0.25, 0.3) is 11.0 Å². The van der Waals surface area contributed by atoms with Crippen LogP contribution in [-0.4, -0.2) is 35.4 Å². The Bertz CT molecular complexity index is 772. The minimum Gasteiger partial charge on any atom is -0.507 e. The van der Waals surface area contributed by atoms with Crippen molar-refractivity contribution in [3.05, 3.63) is 48.0 Å². The van der Waals surface area contributed by atoms with Gasteiger partial charge in [-0.15, -0.1) is 0 Å². The van der Waals surface area contributed by atoms with E-state index in [0.717, 1.165) is 16.7 Å². The van der Waals surface area contributed by atoms with E-state index in [4.69, 9.17) is 0 Å². The highest BCUT2D eigenvalue weighted by atomic mass is 16.3. The second kappa shape index (κ2) is 5.28. The normalized spacial score (nSPS) is 11.3. The molecule has 0 atom stereocenters. The summed E-state index contributed by atoms with van der Waals surface area (Å²) >= 11 is 0. The number of phenolic OH excluding ortho intramolecular Hbond substituents is 1. The molecule has 0 radical (unpaired) electrons. The number of H-pyrrole nitrogens is 1. The third-order valence-electron chi connectivity index (χ3n) is 3.23. The number of benzene rings is 2. The number of aromatic amines is 1. The first-order valence-corrected chi connectivity index (χ1v) is 6.62. The number of aromatic nitrogens is 2. The molecule has 0 bridgehead atoms. The summed E-state index contributed by atoms with van der Waals surface area (Å²) < 4.78 is 0. The van der Waals surface area contributed by atoms with Gasteiger partial charge >= 0.3 is 0 Å². The Balaban J connectivity index is 1.88. The molecule has 0 fully saturated rings. The van der Waals surface area contributed by atoms with Crippen molar-refractivity contribution < 1.29 is 5.11 Å². The standard InChI is InChI=1S/C16H16N4O/c1-20(2)12-8-7-11(15(21)9-12)10-17-16-18-13-5-3-4-6-14(13)19-16/h3-10,21H,1-2H3,(H,18,19)/b17-10+. The van der Waals surface area contributed by atoms with Crippen LogP contribution in [0, 0.1) is 0 Å². The largest absolute Gasteiger partial charge is 0.507 e. The molecule has 1 heterocycles. The van der Waals surface area contributed by atoms with Crippen molar-refractivity contribution >= 4 is 28.9 Å². The lowest BCUT2D eigenvalue weighted by atomic mass is 10.2. The van der Waals surface area contributed by atoms with Crippen LogP contribution >= 0.6 is 0 Å². The van der Waals surface area contributed by atoms with Crippen LogP contribution in [0.3, 0.4) is 0 Å². The van der Waals surface area contributed by atoms with Crippen molar-refractivity contribution in [1.82, 2.24) is 9.97 Å². The molecule has 2 N–H and O–H groups in total. The van der Waals surface area contributed by atoms with E-state index in [2.05, 4.69) is 15.0 Å². The second-order valence-corrected chi connectivity index (χ2v) is 4.97. The van der Waals surface area contributed by atoms with E-state index in [1.165, 1.54) is 0 Å². The van der Waals surface area contributed by atoms with Crippen molar-refractivity contribution in [2.75, 3.05) is 19.0 Å². The summed E-state index contributed by atoms with van der Waals surface area (Å²) in [7, 11) is 3.86. The summed E-state index contributed by atoms with van der Waals surface area (Å²) in [5.74, 6) is 0.716. The van der Waals surface area contributed by atoms with Crippen molar-refractivity contribution in [1.29, 1.82) is 0 Å². The van der Waals surface area contributed by atoms with E-state index in [0.29, 0.717) is 11.5 Å². The van der Waals surface area contributed by atoms with Crippen LogP contribution < -0.4 is 4.90 Å². The van der Waals surface area contributed by atoms with Gasteiger partial charge in [-0.05, 0) is 24.3 Å². The maximum atomic E-state index is 10.0. The van der Waals surface area contributed by atoms with Crippen LogP contribution in [0.4, 0.5) is 11.6 Å². The minimum atomic E-state index is 0.195. The highest BCUT2D eigenvalue weighted by molar-refractivity contribution is 5.86. The minimum absolute atomic E-state index is 0.195. The number of hydrogen-bond donors (Lipinski definition) is 2. The predicted molar refractivity (Wildman–Crippen MR) is 85.8 cm³/mol. The third-order valence-corrected chi connectivity index (χ3v) is 3.23. The van der Waals surface area contributed by atoms with Crippen LogP contribution in [0.15, 0.2) is 47.5 Å². The zero-order chi connectivity index (χ0) is 14.8. The van der Waals surface area contributed by atoms with Crippen LogP contribution in [-0.2, 0) is 0 Å². The lowest BCUT2D eigenvalue weighted by molar-refractivity contribution is 0.474. The molecule has 0 amide bonds. The van der Waals surface area contributed by atoms with Gasteiger partial charge in [-0.25, -0.2) is 9.98 Å². The molecule has 0 spiro atoms. The van der Waals surface area contributed by atoms with E-state index >= 15 is 0 Å². The quantitative estimate of drug-likeness (QED) is 0.725. The zero-order valence-electron chi connectivity index (χ0n) is 11.9. The Labute approximate surface area is 122 Å². The molecule has 2 aromatic carbocycles. The molecule has 5 nitrogen and oxygen atoms in total. The number of nitrogens with zero attached hydrogens (tertiary/aromatic N) is 3.